The maximum atomic E-state index is 5.98. The van der Waals surface area contributed by atoms with Crippen LogP contribution in [0.4, 0.5) is 0 Å². The fourth-order valence-electron chi connectivity index (χ4n) is 1.14. The Kier molecular flexibility index (Phi) is 6.35. The molecular formula is C11H26N2. The third kappa shape index (κ3) is 7.03. The van der Waals surface area contributed by atoms with Crippen LogP contribution in [0.1, 0.15) is 34.1 Å². The molecule has 0 radical (unpaired) electrons. The molecule has 0 fully saturated rings. The highest BCUT2D eigenvalue weighted by Crippen LogP contribution is 2.03. The molecule has 13 heavy (non-hydrogen) atoms. The second-order valence-electron chi connectivity index (χ2n) is 4.85. The average molecular weight is 186 g/mol. The second-order valence-corrected chi connectivity index (χ2v) is 4.85. The van der Waals surface area contributed by atoms with Gasteiger partial charge < -0.3 is 10.6 Å². The molecule has 2 heteroatoms. The lowest BCUT2D eigenvalue weighted by molar-refractivity contribution is 0.269. The van der Waals surface area contributed by atoms with Crippen molar-refractivity contribution in [1.82, 2.24) is 4.90 Å². The van der Waals surface area contributed by atoms with Gasteiger partial charge in [0.05, 0.1) is 0 Å². The van der Waals surface area contributed by atoms with Crippen molar-refractivity contribution in [2.75, 3.05) is 20.1 Å². The van der Waals surface area contributed by atoms with E-state index in [-0.39, 0.29) is 0 Å². The number of rotatable bonds is 6. The normalized spacial score (nSPS) is 14.5. The van der Waals surface area contributed by atoms with Gasteiger partial charge in [-0.2, -0.15) is 0 Å². The molecule has 2 N–H and O–H groups in total. The van der Waals surface area contributed by atoms with Crippen LogP contribution in [-0.4, -0.2) is 31.1 Å². The average Bonchev–Trinajstić information content (AvgIpc) is 2.00. The van der Waals surface area contributed by atoms with Crippen LogP contribution in [-0.2, 0) is 0 Å². The van der Waals surface area contributed by atoms with Crippen LogP contribution in [0.5, 0.6) is 0 Å². The van der Waals surface area contributed by atoms with Crippen molar-refractivity contribution in [3.63, 3.8) is 0 Å². The predicted octanol–water partition coefficient (Wildman–Crippen LogP) is 1.95. The standard InChI is InChI=1S/C11H26N2/c1-9(2)6-7-13(5)8-11(12)10(3)4/h9-11H,6-8,12H2,1-5H3. The minimum atomic E-state index is 0.317. The van der Waals surface area contributed by atoms with Crippen LogP contribution in [0.15, 0.2) is 0 Å². The van der Waals surface area contributed by atoms with E-state index in [1.165, 1.54) is 6.42 Å². The molecule has 0 aliphatic carbocycles. The van der Waals surface area contributed by atoms with Gasteiger partial charge in [0.15, 0.2) is 0 Å². The molecule has 0 rings (SSSR count). The third-order valence-electron chi connectivity index (χ3n) is 2.47. The molecule has 0 aliphatic rings. The van der Waals surface area contributed by atoms with E-state index >= 15 is 0 Å². The zero-order valence-corrected chi connectivity index (χ0v) is 9.88. The summed E-state index contributed by atoms with van der Waals surface area (Å²) >= 11 is 0. The molecular weight excluding hydrogens is 160 g/mol. The minimum Gasteiger partial charge on any atom is -0.326 e. The molecule has 0 spiro atoms. The van der Waals surface area contributed by atoms with Crippen molar-refractivity contribution >= 4 is 0 Å². The van der Waals surface area contributed by atoms with Gasteiger partial charge in [0.2, 0.25) is 0 Å². The van der Waals surface area contributed by atoms with Crippen molar-refractivity contribution in [2.45, 2.75) is 40.2 Å². The summed E-state index contributed by atoms with van der Waals surface area (Å²) in [5, 5.41) is 0. The lowest BCUT2D eigenvalue weighted by atomic mass is 10.0. The molecule has 0 aromatic carbocycles. The van der Waals surface area contributed by atoms with Crippen molar-refractivity contribution < 1.29 is 0 Å². The summed E-state index contributed by atoms with van der Waals surface area (Å²) in [7, 11) is 2.16. The number of likely N-dealkylation sites (N-methyl/N-ethyl adjacent to an activating group) is 1. The zero-order chi connectivity index (χ0) is 10.4. The van der Waals surface area contributed by atoms with E-state index in [1.807, 2.05) is 0 Å². The van der Waals surface area contributed by atoms with E-state index in [9.17, 15) is 0 Å². The number of hydrogen-bond donors (Lipinski definition) is 1. The van der Waals surface area contributed by atoms with Crippen LogP contribution < -0.4 is 5.73 Å². The largest absolute Gasteiger partial charge is 0.326 e. The Morgan fingerprint density at radius 3 is 2.08 bits per heavy atom. The number of nitrogens with two attached hydrogens (primary N) is 1. The van der Waals surface area contributed by atoms with Gasteiger partial charge in [-0.1, -0.05) is 27.7 Å². The van der Waals surface area contributed by atoms with Crippen LogP contribution in [0, 0.1) is 11.8 Å². The molecule has 0 aliphatic heterocycles. The summed E-state index contributed by atoms with van der Waals surface area (Å²) in [5.41, 5.74) is 5.98. The molecule has 1 atom stereocenters. The van der Waals surface area contributed by atoms with E-state index in [1.54, 1.807) is 0 Å². The highest BCUT2D eigenvalue weighted by Gasteiger charge is 2.10. The fourth-order valence-corrected chi connectivity index (χ4v) is 1.14. The van der Waals surface area contributed by atoms with E-state index in [2.05, 4.69) is 39.6 Å². The van der Waals surface area contributed by atoms with Gasteiger partial charge in [-0.05, 0) is 31.8 Å². The maximum Gasteiger partial charge on any atom is 0.0191 e. The Bertz CT molecular complexity index is 121. The number of nitrogens with zero attached hydrogens (tertiary/aromatic N) is 1. The first-order valence-corrected chi connectivity index (χ1v) is 5.37. The summed E-state index contributed by atoms with van der Waals surface area (Å²) < 4.78 is 0. The van der Waals surface area contributed by atoms with Gasteiger partial charge in [0.25, 0.3) is 0 Å². The summed E-state index contributed by atoms with van der Waals surface area (Å²) in [6, 6.07) is 0.317. The van der Waals surface area contributed by atoms with E-state index < -0.39 is 0 Å². The van der Waals surface area contributed by atoms with Crippen molar-refractivity contribution in [3.05, 3.63) is 0 Å². The highest BCUT2D eigenvalue weighted by atomic mass is 15.1. The summed E-state index contributed by atoms with van der Waals surface area (Å²) in [5.74, 6) is 1.37. The molecule has 0 saturated heterocycles. The monoisotopic (exact) mass is 186 g/mol. The Morgan fingerprint density at radius 2 is 1.69 bits per heavy atom. The first-order chi connectivity index (χ1) is 5.93. The maximum absolute atomic E-state index is 5.98. The lowest BCUT2D eigenvalue weighted by Crippen LogP contribution is -2.39. The quantitative estimate of drug-likeness (QED) is 0.687. The Hall–Kier alpha value is -0.0800. The van der Waals surface area contributed by atoms with Gasteiger partial charge in [0, 0.05) is 12.6 Å². The smallest absolute Gasteiger partial charge is 0.0191 e. The van der Waals surface area contributed by atoms with E-state index in [4.69, 9.17) is 5.73 Å². The topological polar surface area (TPSA) is 29.3 Å². The van der Waals surface area contributed by atoms with Crippen molar-refractivity contribution in [3.8, 4) is 0 Å². The highest BCUT2D eigenvalue weighted by molar-refractivity contribution is 4.69. The molecule has 0 amide bonds. The molecule has 0 aromatic heterocycles. The van der Waals surface area contributed by atoms with E-state index in [0.717, 1.165) is 19.0 Å². The summed E-state index contributed by atoms with van der Waals surface area (Å²) in [6.07, 6.45) is 1.27. The van der Waals surface area contributed by atoms with Gasteiger partial charge in [-0.3, -0.25) is 0 Å². The van der Waals surface area contributed by atoms with Gasteiger partial charge >= 0.3 is 0 Å². The Balaban J connectivity index is 3.55. The molecule has 0 saturated carbocycles. The Labute approximate surface area is 83.5 Å². The molecule has 1 unspecified atom stereocenters. The van der Waals surface area contributed by atoms with Crippen molar-refractivity contribution in [2.24, 2.45) is 17.6 Å². The van der Waals surface area contributed by atoms with Crippen LogP contribution >= 0.6 is 0 Å². The summed E-state index contributed by atoms with van der Waals surface area (Å²) in [6.45, 7) is 11.1. The zero-order valence-electron chi connectivity index (χ0n) is 9.88. The molecule has 0 aromatic rings. The number of hydrogen-bond acceptors (Lipinski definition) is 2. The van der Waals surface area contributed by atoms with Crippen LogP contribution in [0.25, 0.3) is 0 Å². The first-order valence-electron chi connectivity index (χ1n) is 5.37. The van der Waals surface area contributed by atoms with Gasteiger partial charge in [-0.25, -0.2) is 0 Å². The molecule has 0 heterocycles. The SMILES string of the molecule is CC(C)CCN(C)CC(N)C(C)C. The molecule has 80 valence electrons. The van der Waals surface area contributed by atoms with E-state index in [0.29, 0.717) is 12.0 Å². The second kappa shape index (κ2) is 6.39. The van der Waals surface area contributed by atoms with Crippen LogP contribution in [0.2, 0.25) is 0 Å². The fraction of sp³-hybridized carbons (Fsp3) is 1.00. The molecule has 2 nitrogen and oxygen atoms in total. The summed E-state index contributed by atoms with van der Waals surface area (Å²) in [4.78, 5) is 2.34. The third-order valence-corrected chi connectivity index (χ3v) is 2.47. The predicted molar refractivity (Wildman–Crippen MR) is 59.8 cm³/mol. The lowest BCUT2D eigenvalue weighted by Gasteiger charge is -2.24. The minimum absolute atomic E-state index is 0.317. The van der Waals surface area contributed by atoms with Crippen molar-refractivity contribution in [1.29, 1.82) is 0 Å². The van der Waals surface area contributed by atoms with Crippen LogP contribution in [0.3, 0.4) is 0 Å². The van der Waals surface area contributed by atoms with Gasteiger partial charge in [0.1, 0.15) is 0 Å². The molecule has 0 bridgehead atoms. The van der Waals surface area contributed by atoms with Gasteiger partial charge in [-0.15, -0.1) is 0 Å². The Morgan fingerprint density at radius 1 is 1.15 bits per heavy atom. The first kappa shape index (κ1) is 12.9.